The molecular formula is C21H22N6OS2. The molecule has 0 N–H and O–H groups in total. The first-order chi connectivity index (χ1) is 14.6. The third-order valence-corrected chi connectivity index (χ3v) is 7.57. The molecule has 0 spiro atoms. The molecule has 5 heterocycles. The lowest BCUT2D eigenvalue weighted by molar-refractivity contribution is 0.335. The van der Waals surface area contributed by atoms with Gasteiger partial charge in [0.15, 0.2) is 0 Å². The SMILES string of the molecule is Cc1nc(C)c(-c2ccc(=O)n(CC3CCN(c4ncnc5ccsc45)CC3)n2)s1. The number of anilines is 1. The maximum Gasteiger partial charge on any atom is 0.266 e. The van der Waals surface area contributed by atoms with Gasteiger partial charge in [-0.25, -0.2) is 19.6 Å². The molecule has 5 rings (SSSR count). The largest absolute Gasteiger partial charge is 0.355 e. The minimum absolute atomic E-state index is 0.0452. The Morgan fingerprint density at radius 1 is 1.13 bits per heavy atom. The molecule has 0 radical (unpaired) electrons. The second-order valence-corrected chi connectivity index (χ2v) is 9.77. The van der Waals surface area contributed by atoms with Crippen LogP contribution in [0.3, 0.4) is 0 Å². The van der Waals surface area contributed by atoms with E-state index in [1.165, 1.54) is 0 Å². The molecule has 1 aliphatic heterocycles. The number of hydrogen-bond donors (Lipinski definition) is 0. The van der Waals surface area contributed by atoms with E-state index in [9.17, 15) is 4.79 Å². The molecule has 0 aromatic carbocycles. The number of thiazole rings is 1. The average molecular weight is 439 g/mol. The third-order valence-electron chi connectivity index (χ3n) is 5.57. The van der Waals surface area contributed by atoms with Crippen LogP contribution in [0.2, 0.25) is 0 Å². The van der Waals surface area contributed by atoms with Crippen molar-refractivity contribution in [1.29, 1.82) is 0 Å². The summed E-state index contributed by atoms with van der Waals surface area (Å²) in [6.07, 6.45) is 3.66. The second kappa shape index (κ2) is 7.88. The van der Waals surface area contributed by atoms with Crippen molar-refractivity contribution >= 4 is 38.7 Å². The highest BCUT2D eigenvalue weighted by Gasteiger charge is 2.23. The van der Waals surface area contributed by atoms with E-state index in [2.05, 4.69) is 30.3 Å². The van der Waals surface area contributed by atoms with Crippen molar-refractivity contribution in [3.63, 3.8) is 0 Å². The number of piperidine rings is 1. The number of rotatable bonds is 4. The van der Waals surface area contributed by atoms with Gasteiger partial charge in [-0.1, -0.05) is 0 Å². The van der Waals surface area contributed by atoms with Gasteiger partial charge in [0.25, 0.3) is 5.56 Å². The number of nitrogens with zero attached hydrogens (tertiary/aromatic N) is 6. The van der Waals surface area contributed by atoms with Crippen molar-refractivity contribution in [2.45, 2.75) is 33.2 Å². The van der Waals surface area contributed by atoms with Gasteiger partial charge in [0.1, 0.15) is 17.8 Å². The molecule has 154 valence electrons. The van der Waals surface area contributed by atoms with Gasteiger partial charge >= 0.3 is 0 Å². The molecule has 0 amide bonds. The molecule has 7 nitrogen and oxygen atoms in total. The molecular weight excluding hydrogens is 416 g/mol. The van der Waals surface area contributed by atoms with Crippen LogP contribution in [0.4, 0.5) is 5.82 Å². The van der Waals surface area contributed by atoms with Gasteiger partial charge < -0.3 is 4.90 Å². The maximum atomic E-state index is 12.4. The predicted octanol–water partition coefficient (Wildman–Crippen LogP) is 3.90. The first-order valence-electron chi connectivity index (χ1n) is 10.0. The fourth-order valence-electron chi connectivity index (χ4n) is 4.04. The molecule has 1 aliphatic rings. The summed E-state index contributed by atoms with van der Waals surface area (Å²) < 4.78 is 2.78. The van der Waals surface area contributed by atoms with Crippen LogP contribution in [-0.4, -0.2) is 37.8 Å². The van der Waals surface area contributed by atoms with Crippen molar-refractivity contribution in [1.82, 2.24) is 24.7 Å². The first kappa shape index (κ1) is 19.3. The Bertz CT molecular complexity index is 1250. The molecule has 0 atom stereocenters. The Labute approximate surface area is 182 Å². The molecule has 4 aromatic heterocycles. The molecule has 0 unspecified atom stereocenters. The zero-order valence-corrected chi connectivity index (χ0v) is 18.5. The normalized spacial score (nSPS) is 15.2. The van der Waals surface area contributed by atoms with E-state index in [1.807, 2.05) is 26.0 Å². The van der Waals surface area contributed by atoms with Crippen molar-refractivity contribution in [2.75, 3.05) is 18.0 Å². The molecule has 1 fully saturated rings. The monoisotopic (exact) mass is 438 g/mol. The summed E-state index contributed by atoms with van der Waals surface area (Å²) in [6, 6.07) is 5.47. The Kier molecular flexibility index (Phi) is 5.08. The van der Waals surface area contributed by atoms with E-state index in [-0.39, 0.29) is 5.56 Å². The van der Waals surface area contributed by atoms with E-state index >= 15 is 0 Å². The quantitative estimate of drug-likeness (QED) is 0.481. The highest BCUT2D eigenvalue weighted by atomic mass is 32.1. The maximum absolute atomic E-state index is 12.4. The minimum atomic E-state index is -0.0452. The summed E-state index contributed by atoms with van der Waals surface area (Å²) in [6.45, 7) is 6.48. The Balaban J connectivity index is 1.31. The molecule has 0 bridgehead atoms. The van der Waals surface area contributed by atoms with Crippen LogP contribution in [0.15, 0.2) is 34.7 Å². The molecule has 0 aliphatic carbocycles. The topological polar surface area (TPSA) is 76.8 Å². The molecule has 9 heteroatoms. The third kappa shape index (κ3) is 3.63. The zero-order valence-electron chi connectivity index (χ0n) is 16.9. The highest BCUT2D eigenvalue weighted by molar-refractivity contribution is 7.17. The van der Waals surface area contributed by atoms with Crippen LogP contribution in [0.5, 0.6) is 0 Å². The minimum Gasteiger partial charge on any atom is -0.355 e. The molecule has 1 saturated heterocycles. The van der Waals surface area contributed by atoms with Gasteiger partial charge in [-0.2, -0.15) is 5.10 Å². The summed E-state index contributed by atoms with van der Waals surface area (Å²) in [5, 5.41) is 7.74. The predicted molar refractivity (Wildman–Crippen MR) is 121 cm³/mol. The van der Waals surface area contributed by atoms with Gasteiger partial charge in [-0.15, -0.1) is 22.7 Å². The summed E-state index contributed by atoms with van der Waals surface area (Å²) in [4.78, 5) is 29.2. The van der Waals surface area contributed by atoms with Crippen LogP contribution < -0.4 is 10.5 Å². The van der Waals surface area contributed by atoms with Crippen LogP contribution >= 0.6 is 22.7 Å². The van der Waals surface area contributed by atoms with Crippen LogP contribution in [0, 0.1) is 19.8 Å². The van der Waals surface area contributed by atoms with Gasteiger partial charge in [-0.05, 0) is 50.1 Å². The number of thiophene rings is 1. The number of aromatic nitrogens is 5. The highest BCUT2D eigenvalue weighted by Crippen LogP contribution is 2.31. The Morgan fingerprint density at radius 3 is 2.73 bits per heavy atom. The van der Waals surface area contributed by atoms with E-state index in [0.29, 0.717) is 12.5 Å². The van der Waals surface area contributed by atoms with Gasteiger partial charge in [0, 0.05) is 25.7 Å². The van der Waals surface area contributed by atoms with Crippen LogP contribution in [0.1, 0.15) is 23.5 Å². The zero-order chi connectivity index (χ0) is 20.7. The Morgan fingerprint density at radius 2 is 1.97 bits per heavy atom. The van der Waals surface area contributed by atoms with E-state index in [4.69, 9.17) is 0 Å². The number of aryl methyl sites for hydroxylation is 2. The smallest absolute Gasteiger partial charge is 0.266 e. The summed E-state index contributed by atoms with van der Waals surface area (Å²) in [7, 11) is 0. The lowest BCUT2D eigenvalue weighted by Gasteiger charge is -2.32. The standard InChI is InChI=1S/C21H22N6OS2/c1-13-19(30-14(2)24-13)17-3-4-18(28)27(25-17)11-15-5-8-26(9-6-15)21-20-16(7-10-29-20)22-12-23-21/h3-4,7,10,12,15H,5-6,8-9,11H2,1-2H3. The summed E-state index contributed by atoms with van der Waals surface area (Å²) in [5.74, 6) is 1.45. The fraction of sp³-hybridized carbons (Fsp3) is 0.381. The van der Waals surface area contributed by atoms with Crippen molar-refractivity contribution in [2.24, 2.45) is 5.92 Å². The second-order valence-electron chi connectivity index (χ2n) is 7.65. The van der Waals surface area contributed by atoms with E-state index < -0.39 is 0 Å². The van der Waals surface area contributed by atoms with Crippen molar-refractivity contribution in [3.05, 3.63) is 51.0 Å². The van der Waals surface area contributed by atoms with Crippen molar-refractivity contribution < 1.29 is 0 Å². The molecule has 30 heavy (non-hydrogen) atoms. The summed E-state index contributed by atoms with van der Waals surface area (Å²) >= 11 is 3.31. The number of hydrogen-bond acceptors (Lipinski definition) is 8. The first-order valence-corrected chi connectivity index (χ1v) is 11.7. The fourth-order valence-corrected chi connectivity index (χ4v) is 5.79. The van der Waals surface area contributed by atoms with Gasteiger partial charge in [-0.3, -0.25) is 4.79 Å². The van der Waals surface area contributed by atoms with Gasteiger partial charge in [0.05, 0.1) is 25.8 Å². The lowest BCUT2D eigenvalue weighted by atomic mass is 9.97. The average Bonchev–Trinajstić information content (AvgIpc) is 3.36. The van der Waals surface area contributed by atoms with Gasteiger partial charge in [0.2, 0.25) is 0 Å². The Hall–Kier alpha value is -2.65. The van der Waals surface area contributed by atoms with E-state index in [1.54, 1.807) is 39.7 Å². The van der Waals surface area contributed by atoms with Crippen molar-refractivity contribution in [3.8, 4) is 10.6 Å². The summed E-state index contributed by atoms with van der Waals surface area (Å²) in [5.41, 5.74) is 2.76. The molecule has 4 aromatic rings. The van der Waals surface area contributed by atoms with E-state index in [0.717, 1.165) is 63.2 Å². The lowest BCUT2D eigenvalue weighted by Crippen LogP contribution is -2.37. The van der Waals surface area contributed by atoms with Crippen LogP contribution in [-0.2, 0) is 6.54 Å². The van der Waals surface area contributed by atoms with Crippen LogP contribution in [0.25, 0.3) is 20.8 Å². The number of fused-ring (bicyclic) bond motifs is 1. The molecule has 0 saturated carbocycles.